The van der Waals surface area contributed by atoms with Crippen LogP contribution in [0.1, 0.15) is 24.1 Å². The molecule has 1 aliphatic rings. The topological polar surface area (TPSA) is 80.3 Å². The number of carbonyl (C=O) groups excluding carboxylic acids is 2. The van der Waals surface area contributed by atoms with Crippen LogP contribution in [0.2, 0.25) is 0 Å². The number of hydrogen-bond acceptors (Lipinski definition) is 4. The molecule has 2 amide bonds. The van der Waals surface area contributed by atoms with E-state index in [1.54, 1.807) is 6.20 Å². The van der Waals surface area contributed by atoms with Crippen molar-refractivity contribution in [1.82, 2.24) is 15.6 Å². The van der Waals surface area contributed by atoms with Gasteiger partial charge < -0.3 is 15.4 Å². The Labute approximate surface area is 146 Å². The molecule has 25 heavy (non-hydrogen) atoms. The third-order valence-corrected chi connectivity index (χ3v) is 3.87. The molecule has 2 aromatic rings. The van der Waals surface area contributed by atoms with E-state index in [1.807, 2.05) is 42.5 Å². The van der Waals surface area contributed by atoms with E-state index in [0.717, 1.165) is 29.8 Å². The van der Waals surface area contributed by atoms with Crippen LogP contribution in [0.25, 0.3) is 0 Å². The number of ether oxygens (including phenoxy) is 1. The fourth-order valence-electron chi connectivity index (χ4n) is 2.31. The molecular weight excluding hydrogens is 318 g/mol. The summed E-state index contributed by atoms with van der Waals surface area (Å²) < 4.78 is 5.72. The molecule has 0 saturated heterocycles. The van der Waals surface area contributed by atoms with Crippen molar-refractivity contribution in [3.8, 4) is 5.75 Å². The molecule has 0 atom stereocenters. The van der Waals surface area contributed by atoms with Crippen molar-refractivity contribution in [3.63, 3.8) is 0 Å². The van der Waals surface area contributed by atoms with Crippen LogP contribution in [0, 0.1) is 5.92 Å². The quantitative estimate of drug-likeness (QED) is 0.768. The molecule has 0 radical (unpaired) electrons. The zero-order valence-corrected chi connectivity index (χ0v) is 13.9. The van der Waals surface area contributed by atoms with Gasteiger partial charge in [-0.15, -0.1) is 0 Å². The van der Waals surface area contributed by atoms with Gasteiger partial charge in [0.2, 0.25) is 11.8 Å². The number of pyridine rings is 1. The van der Waals surface area contributed by atoms with Crippen molar-refractivity contribution >= 4 is 11.8 Å². The molecular formula is C19H21N3O3. The number of benzene rings is 1. The highest BCUT2D eigenvalue weighted by Gasteiger charge is 2.29. The molecule has 6 heteroatoms. The number of aromatic nitrogens is 1. The van der Waals surface area contributed by atoms with Crippen LogP contribution in [0.4, 0.5) is 0 Å². The summed E-state index contributed by atoms with van der Waals surface area (Å²) in [6.45, 7) is 0.800. The second kappa shape index (κ2) is 8.28. The molecule has 1 aromatic carbocycles. The van der Waals surface area contributed by atoms with Crippen LogP contribution in [-0.2, 0) is 22.7 Å². The summed E-state index contributed by atoms with van der Waals surface area (Å²) in [6, 6.07) is 13.2. The average molecular weight is 339 g/mol. The van der Waals surface area contributed by atoms with Crippen LogP contribution in [0.3, 0.4) is 0 Å². The lowest BCUT2D eigenvalue weighted by Crippen LogP contribution is -2.37. The first-order valence-electron chi connectivity index (χ1n) is 8.37. The van der Waals surface area contributed by atoms with Crippen molar-refractivity contribution < 1.29 is 14.3 Å². The summed E-state index contributed by atoms with van der Waals surface area (Å²) in [5.74, 6) is 0.606. The summed E-state index contributed by atoms with van der Waals surface area (Å²) >= 11 is 0. The predicted molar refractivity (Wildman–Crippen MR) is 92.6 cm³/mol. The Morgan fingerprint density at radius 2 is 2.00 bits per heavy atom. The monoisotopic (exact) mass is 339 g/mol. The Bertz CT molecular complexity index is 730. The number of nitrogens with one attached hydrogen (secondary N) is 2. The molecule has 2 N–H and O–H groups in total. The van der Waals surface area contributed by atoms with Crippen molar-refractivity contribution in [2.75, 3.05) is 6.54 Å². The number of carbonyl (C=O) groups is 2. The zero-order valence-electron chi connectivity index (χ0n) is 13.9. The predicted octanol–water partition coefficient (Wildman–Crippen LogP) is 1.80. The minimum Gasteiger partial charge on any atom is -0.487 e. The third-order valence-electron chi connectivity index (χ3n) is 3.87. The third kappa shape index (κ3) is 5.60. The highest BCUT2D eigenvalue weighted by atomic mass is 16.5. The SMILES string of the molecule is O=C(CNC(=O)C1CC1)NCc1cccc(OCc2ccccn2)c1. The lowest BCUT2D eigenvalue weighted by Gasteiger charge is -2.09. The van der Waals surface area contributed by atoms with Gasteiger partial charge in [-0.1, -0.05) is 18.2 Å². The lowest BCUT2D eigenvalue weighted by molar-refractivity contribution is -0.126. The Morgan fingerprint density at radius 1 is 1.12 bits per heavy atom. The van der Waals surface area contributed by atoms with Gasteiger partial charge in [-0.25, -0.2) is 0 Å². The van der Waals surface area contributed by atoms with Gasteiger partial charge in [0.25, 0.3) is 0 Å². The smallest absolute Gasteiger partial charge is 0.239 e. The van der Waals surface area contributed by atoms with E-state index >= 15 is 0 Å². The molecule has 3 rings (SSSR count). The highest BCUT2D eigenvalue weighted by molar-refractivity contribution is 5.86. The number of rotatable bonds is 8. The van der Waals surface area contributed by atoms with Crippen LogP contribution < -0.4 is 15.4 Å². The number of hydrogen-bond donors (Lipinski definition) is 2. The lowest BCUT2D eigenvalue weighted by atomic mass is 10.2. The van der Waals surface area contributed by atoms with Crippen LogP contribution in [0.15, 0.2) is 48.7 Å². The fourth-order valence-corrected chi connectivity index (χ4v) is 2.31. The maximum atomic E-state index is 11.8. The van der Waals surface area contributed by atoms with E-state index < -0.39 is 0 Å². The molecule has 0 aliphatic heterocycles. The maximum Gasteiger partial charge on any atom is 0.239 e. The van der Waals surface area contributed by atoms with E-state index in [-0.39, 0.29) is 24.3 Å². The average Bonchev–Trinajstić information content (AvgIpc) is 3.49. The first kappa shape index (κ1) is 17.0. The van der Waals surface area contributed by atoms with E-state index in [1.165, 1.54) is 0 Å². The van der Waals surface area contributed by atoms with E-state index in [2.05, 4.69) is 15.6 Å². The Morgan fingerprint density at radius 3 is 2.76 bits per heavy atom. The first-order valence-corrected chi connectivity index (χ1v) is 8.37. The van der Waals surface area contributed by atoms with Crippen LogP contribution in [0.5, 0.6) is 5.75 Å². The molecule has 6 nitrogen and oxygen atoms in total. The van der Waals surface area contributed by atoms with Crippen molar-refractivity contribution in [3.05, 3.63) is 59.9 Å². The van der Waals surface area contributed by atoms with E-state index in [0.29, 0.717) is 13.2 Å². The van der Waals surface area contributed by atoms with Gasteiger partial charge >= 0.3 is 0 Å². The standard InChI is InChI=1S/C19H21N3O3/c23-18(12-22-19(24)15-7-8-15)21-11-14-4-3-6-17(10-14)25-13-16-5-1-2-9-20-16/h1-6,9-10,15H,7-8,11-13H2,(H,21,23)(H,22,24). The maximum absolute atomic E-state index is 11.8. The Balaban J connectivity index is 1.43. The van der Waals surface area contributed by atoms with Gasteiger partial charge in [-0.05, 0) is 42.7 Å². The molecule has 0 unspecified atom stereocenters. The zero-order chi connectivity index (χ0) is 17.5. The summed E-state index contributed by atoms with van der Waals surface area (Å²) in [5.41, 5.74) is 1.79. The minimum absolute atomic E-state index is 0.0190. The molecule has 1 fully saturated rings. The van der Waals surface area contributed by atoms with Gasteiger partial charge in [-0.2, -0.15) is 0 Å². The summed E-state index contributed by atoms with van der Waals surface area (Å²) in [6.07, 6.45) is 3.59. The van der Waals surface area contributed by atoms with Gasteiger partial charge in [0.1, 0.15) is 12.4 Å². The number of nitrogens with zero attached hydrogens (tertiary/aromatic N) is 1. The summed E-state index contributed by atoms with van der Waals surface area (Å²) in [5, 5.41) is 5.44. The molecule has 1 aliphatic carbocycles. The number of amides is 2. The van der Waals surface area contributed by atoms with Crippen molar-refractivity contribution in [2.24, 2.45) is 5.92 Å². The van der Waals surface area contributed by atoms with Gasteiger partial charge in [0, 0.05) is 18.7 Å². The van der Waals surface area contributed by atoms with E-state index in [9.17, 15) is 9.59 Å². The van der Waals surface area contributed by atoms with Crippen molar-refractivity contribution in [2.45, 2.75) is 26.0 Å². The highest BCUT2D eigenvalue weighted by Crippen LogP contribution is 2.28. The van der Waals surface area contributed by atoms with E-state index in [4.69, 9.17) is 4.74 Å². The second-order valence-electron chi connectivity index (χ2n) is 6.03. The largest absolute Gasteiger partial charge is 0.487 e. The molecule has 0 spiro atoms. The molecule has 130 valence electrons. The van der Waals surface area contributed by atoms with Crippen LogP contribution in [-0.4, -0.2) is 23.3 Å². The fraction of sp³-hybridized carbons (Fsp3) is 0.316. The summed E-state index contributed by atoms with van der Waals surface area (Å²) in [7, 11) is 0. The minimum atomic E-state index is -0.200. The van der Waals surface area contributed by atoms with Crippen molar-refractivity contribution in [1.29, 1.82) is 0 Å². The normalized spacial score (nSPS) is 13.1. The van der Waals surface area contributed by atoms with Gasteiger partial charge in [0.05, 0.1) is 12.2 Å². The van der Waals surface area contributed by atoms with Crippen LogP contribution >= 0.6 is 0 Å². The van der Waals surface area contributed by atoms with Gasteiger partial charge in [-0.3, -0.25) is 14.6 Å². The molecule has 0 bridgehead atoms. The summed E-state index contributed by atoms with van der Waals surface area (Å²) in [4.78, 5) is 27.5. The Kier molecular flexibility index (Phi) is 5.61. The second-order valence-corrected chi connectivity index (χ2v) is 6.03. The molecule has 1 aromatic heterocycles. The molecule has 1 heterocycles. The Hall–Kier alpha value is -2.89. The van der Waals surface area contributed by atoms with Gasteiger partial charge in [0.15, 0.2) is 0 Å². The first-order chi connectivity index (χ1) is 12.2. The molecule has 1 saturated carbocycles.